The third kappa shape index (κ3) is 2.58. The Bertz CT molecular complexity index is 431. The van der Waals surface area contributed by atoms with E-state index in [1.165, 1.54) is 12.1 Å². The van der Waals surface area contributed by atoms with Crippen molar-refractivity contribution in [2.75, 3.05) is 0 Å². The Morgan fingerprint density at radius 1 is 1.62 bits per heavy atom. The number of carboxylic acids is 1. The van der Waals surface area contributed by atoms with Gasteiger partial charge in [-0.05, 0) is 17.7 Å². The van der Waals surface area contributed by atoms with Crippen molar-refractivity contribution >= 4 is 5.97 Å². The van der Waals surface area contributed by atoms with Gasteiger partial charge in [-0.15, -0.1) is 6.58 Å². The van der Waals surface area contributed by atoms with Crippen molar-refractivity contribution in [1.29, 1.82) is 0 Å². The third-order valence-corrected chi connectivity index (χ3v) is 2.12. The molecule has 0 aliphatic carbocycles. The average molecular weight is 225 g/mol. The molecule has 0 aromatic heterocycles. The van der Waals surface area contributed by atoms with Crippen LogP contribution in [0.2, 0.25) is 0 Å². The molecule has 0 amide bonds. The second-order valence-electron chi connectivity index (χ2n) is 3.35. The predicted molar refractivity (Wildman–Crippen MR) is 56.5 cm³/mol. The number of nitrogens with two attached hydrogens (primary N) is 1. The molecule has 0 radical (unpaired) electrons. The van der Waals surface area contributed by atoms with Gasteiger partial charge in [0.15, 0.2) is 11.6 Å². The van der Waals surface area contributed by atoms with E-state index in [-0.39, 0.29) is 17.5 Å². The molecule has 1 aromatic rings. The minimum Gasteiger partial charge on any atom is -0.505 e. The predicted octanol–water partition coefficient (Wildman–Crippen LogP) is 1.34. The molecule has 0 aliphatic heterocycles. The molecule has 86 valence electrons. The van der Waals surface area contributed by atoms with Crippen molar-refractivity contribution in [3.05, 3.63) is 41.7 Å². The summed E-state index contributed by atoms with van der Waals surface area (Å²) < 4.78 is 13.3. The van der Waals surface area contributed by atoms with Gasteiger partial charge in [0.1, 0.15) is 0 Å². The van der Waals surface area contributed by atoms with Crippen LogP contribution in [0.4, 0.5) is 4.39 Å². The minimum atomic E-state index is -1.08. The molecule has 4 nitrogen and oxygen atoms in total. The van der Waals surface area contributed by atoms with E-state index in [0.29, 0.717) is 0 Å². The summed E-state index contributed by atoms with van der Waals surface area (Å²) in [5.41, 5.74) is 5.95. The number of rotatable bonds is 4. The first-order valence-electron chi connectivity index (χ1n) is 4.57. The van der Waals surface area contributed by atoms with Crippen molar-refractivity contribution in [2.45, 2.75) is 12.5 Å². The van der Waals surface area contributed by atoms with Gasteiger partial charge in [0.05, 0.1) is 12.5 Å². The Labute approximate surface area is 91.8 Å². The lowest BCUT2D eigenvalue weighted by molar-refractivity contribution is -0.136. The fourth-order valence-corrected chi connectivity index (χ4v) is 1.34. The summed E-state index contributed by atoms with van der Waals surface area (Å²) in [5, 5.41) is 18.0. The van der Waals surface area contributed by atoms with Gasteiger partial charge in [0, 0.05) is 5.56 Å². The van der Waals surface area contributed by atoms with Crippen LogP contribution < -0.4 is 5.73 Å². The van der Waals surface area contributed by atoms with Crippen molar-refractivity contribution < 1.29 is 19.4 Å². The summed E-state index contributed by atoms with van der Waals surface area (Å²) in [6, 6.07) is 1.60. The monoisotopic (exact) mass is 225 g/mol. The molecule has 1 rings (SSSR count). The number of benzene rings is 1. The van der Waals surface area contributed by atoms with Crippen molar-refractivity contribution in [3.63, 3.8) is 0 Å². The fourth-order valence-electron chi connectivity index (χ4n) is 1.34. The molecule has 1 unspecified atom stereocenters. The van der Waals surface area contributed by atoms with E-state index in [1.54, 1.807) is 0 Å². The number of hydrogen-bond acceptors (Lipinski definition) is 3. The summed E-state index contributed by atoms with van der Waals surface area (Å²) in [6.07, 6.45) is 1.01. The lowest BCUT2D eigenvalue weighted by atomic mass is 10.0. The van der Waals surface area contributed by atoms with E-state index in [1.807, 2.05) is 0 Å². The SMILES string of the molecule is C=CC(N)c1cc(CC(=O)O)cc(F)c1O. The highest BCUT2D eigenvalue weighted by Crippen LogP contribution is 2.28. The Kier molecular flexibility index (Phi) is 3.63. The molecule has 0 fully saturated rings. The molecule has 5 heteroatoms. The zero-order valence-electron chi connectivity index (χ0n) is 8.48. The molecular formula is C11H12FNO3. The highest BCUT2D eigenvalue weighted by molar-refractivity contribution is 5.70. The number of halogens is 1. The van der Waals surface area contributed by atoms with E-state index in [2.05, 4.69) is 6.58 Å². The zero-order valence-corrected chi connectivity index (χ0v) is 8.48. The van der Waals surface area contributed by atoms with Gasteiger partial charge in [-0.25, -0.2) is 4.39 Å². The van der Waals surface area contributed by atoms with Crippen LogP contribution in [-0.2, 0) is 11.2 Å². The van der Waals surface area contributed by atoms with Gasteiger partial charge in [-0.1, -0.05) is 6.08 Å². The van der Waals surface area contributed by atoms with Gasteiger partial charge >= 0.3 is 5.97 Å². The highest BCUT2D eigenvalue weighted by atomic mass is 19.1. The van der Waals surface area contributed by atoms with Crippen LogP contribution >= 0.6 is 0 Å². The van der Waals surface area contributed by atoms with Crippen LogP contribution in [0.1, 0.15) is 17.2 Å². The lowest BCUT2D eigenvalue weighted by Gasteiger charge is -2.11. The van der Waals surface area contributed by atoms with Crippen LogP contribution in [0, 0.1) is 5.82 Å². The molecule has 0 spiro atoms. The van der Waals surface area contributed by atoms with Gasteiger partial charge in [0.2, 0.25) is 0 Å². The summed E-state index contributed by atoms with van der Waals surface area (Å²) in [6.45, 7) is 3.42. The molecule has 0 aliphatic rings. The van der Waals surface area contributed by atoms with Crippen LogP contribution in [0.25, 0.3) is 0 Å². The quantitative estimate of drug-likeness (QED) is 0.675. The van der Waals surface area contributed by atoms with Gasteiger partial charge in [0.25, 0.3) is 0 Å². The second kappa shape index (κ2) is 4.76. The molecule has 1 atom stereocenters. The van der Waals surface area contributed by atoms with E-state index in [9.17, 15) is 14.3 Å². The fraction of sp³-hybridized carbons (Fsp3) is 0.182. The standard InChI is InChI=1S/C11H12FNO3/c1-2-9(13)7-3-6(5-10(14)15)4-8(12)11(7)16/h2-4,9,16H,1,5,13H2,(H,14,15). The van der Waals surface area contributed by atoms with Crippen LogP contribution in [-0.4, -0.2) is 16.2 Å². The Hall–Kier alpha value is -1.88. The van der Waals surface area contributed by atoms with E-state index < -0.39 is 23.6 Å². The largest absolute Gasteiger partial charge is 0.505 e. The molecular weight excluding hydrogens is 213 g/mol. The van der Waals surface area contributed by atoms with E-state index in [0.717, 1.165) is 6.07 Å². The highest BCUT2D eigenvalue weighted by Gasteiger charge is 2.15. The van der Waals surface area contributed by atoms with E-state index in [4.69, 9.17) is 10.8 Å². The minimum absolute atomic E-state index is 0.131. The Balaban J connectivity index is 3.21. The van der Waals surface area contributed by atoms with Crippen molar-refractivity contribution in [1.82, 2.24) is 0 Å². The topological polar surface area (TPSA) is 83.6 Å². The molecule has 1 aromatic carbocycles. The van der Waals surface area contributed by atoms with Crippen molar-refractivity contribution in [3.8, 4) is 5.75 Å². The molecule has 0 heterocycles. The van der Waals surface area contributed by atoms with Crippen LogP contribution in [0.5, 0.6) is 5.75 Å². The molecule has 0 bridgehead atoms. The number of carbonyl (C=O) groups is 1. The number of carboxylic acid groups (broad SMARTS) is 1. The maximum atomic E-state index is 13.3. The number of phenolic OH excluding ortho intramolecular Hbond substituents is 1. The smallest absolute Gasteiger partial charge is 0.307 e. The maximum absolute atomic E-state index is 13.3. The number of hydrogen-bond donors (Lipinski definition) is 3. The number of aliphatic carboxylic acids is 1. The average Bonchev–Trinajstić information content (AvgIpc) is 2.21. The maximum Gasteiger partial charge on any atom is 0.307 e. The second-order valence-corrected chi connectivity index (χ2v) is 3.35. The summed E-state index contributed by atoms with van der Waals surface area (Å²) in [5.74, 6) is -2.53. The summed E-state index contributed by atoms with van der Waals surface area (Å²) >= 11 is 0. The lowest BCUT2D eigenvalue weighted by Crippen LogP contribution is -2.09. The third-order valence-electron chi connectivity index (χ3n) is 2.12. The van der Waals surface area contributed by atoms with Gasteiger partial charge in [-0.2, -0.15) is 0 Å². The molecule has 0 saturated carbocycles. The number of aromatic hydroxyl groups is 1. The van der Waals surface area contributed by atoms with Gasteiger partial charge in [-0.3, -0.25) is 4.79 Å². The first-order valence-corrected chi connectivity index (χ1v) is 4.57. The van der Waals surface area contributed by atoms with Crippen LogP contribution in [0.15, 0.2) is 24.8 Å². The first-order chi connectivity index (χ1) is 7.45. The zero-order chi connectivity index (χ0) is 12.3. The summed E-state index contributed by atoms with van der Waals surface area (Å²) in [4.78, 5) is 10.5. The summed E-state index contributed by atoms with van der Waals surface area (Å²) in [7, 11) is 0. The normalized spacial score (nSPS) is 12.1. The Morgan fingerprint density at radius 2 is 2.25 bits per heavy atom. The van der Waals surface area contributed by atoms with E-state index >= 15 is 0 Å². The van der Waals surface area contributed by atoms with Crippen molar-refractivity contribution in [2.24, 2.45) is 5.73 Å². The van der Waals surface area contributed by atoms with Crippen LogP contribution in [0.3, 0.4) is 0 Å². The number of phenols is 1. The molecule has 0 saturated heterocycles. The Morgan fingerprint density at radius 3 is 2.75 bits per heavy atom. The molecule has 4 N–H and O–H groups in total. The van der Waals surface area contributed by atoms with Gasteiger partial charge < -0.3 is 15.9 Å². The molecule has 16 heavy (non-hydrogen) atoms. The first kappa shape index (κ1) is 12.2.